The molecular weight excluding hydrogens is 184 g/mol. The van der Waals surface area contributed by atoms with Crippen LogP contribution in [0.2, 0.25) is 0 Å². The van der Waals surface area contributed by atoms with Crippen LogP contribution in [0.3, 0.4) is 0 Å². The third kappa shape index (κ3) is 2.00. The summed E-state index contributed by atoms with van der Waals surface area (Å²) in [6, 6.07) is 0. The highest BCUT2D eigenvalue weighted by atomic mass is 16.1. The van der Waals surface area contributed by atoms with E-state index in [-0.39, 0.29) is 18.6 Å². The zero-order valence-corrected chi connectivity index (χ0v) is 7.27. The van der Waals surface area contributed by atoms with Crippen LogP contribution in [-0.4, -0.2) is 36.6 Å². The van der Waals surface area contributed by atoms with Gasteiger partial charge in [-0.25, -0.2) is 0 Å². The zero-order chi connectivity index (χ0) is 9.80. The van der Waals surface area contributed by atoms with Crippen molar-refractivity contribution in [1.29, 1.82) is 0 Å². The Morgan fingerprint density at radius 2 is 1.57 bits per heavy atom. The Morgan fingerprint density at radius 3 is 1.93 bits per heavy atom. The number of aromatic amines is 2. The van der Waals surface area contributed by atoms with Crippen molar-refractivity contribution in [3.05, 3.63) is 23.8 Å². The molecule has 0 bridgehead atoms. The number of hydrogen-bond acceptors (Lipinski definition) is 5. The summed E-state index contributed by atoms with van der Waals surface area (Å²) in [5, 5.41) is 19.5. The standard InChI is InChI=1S/C7H8N6O/c14-7(1-5-3-8-12-10-5)2-6-4-9-13-11-6/h3-4H,1-2H2,(H,8,10,12)(H,9,11,13). The van der Waals surface area contributed by atoms with Crippen molar-refractivity contribution in [1.82, 2.24) is 30.8 Å². The number of carbonyl (C=O) groups excluding carboxylic acids is 1. The molecule has 0 aliphatic heterocycles. The van der Waals surface area contributed by atoms with Crippen molar-refractivity contribution in [2.24, 2.45) is 0 Å². The van der Waals surface area contributed by atoms with Crippen molar-refractivity contribution in [2.45, 2.75) is 12.8 Å². The SMILES string of the molecule is O=C(Cc1c[nH]nn1)Cc1c[nH]nn1. The summed E-state index contributed by atoms with van der Waals surface area (Å²) in [7, 11) is 0. The lowest BCUT2D eigenvalue weighted by Gasteiger charge is -1.92. The Bertz CT molecular complexity index is 354. The number of aromatic nitrogens is 6. The van der Waals surface area contributed by atoms with Gasteiger partial charge in [0.05, 0.1) is 24.2 Å². The summed E-state index contributed by atoms with van der Waals surface area (Å²) in [5.41, 5.74) is 1.27. The molecule has 72 valence electrons. The minimum absolute atomic E-state index is 0.0350. The van der Waals surface area contributed by atoms with Gasteiger partial charge in [0.2, 0.25) is 0 Å². The normalized spacial score (nSPS) is 10.3. The van der Waals surface area contributed by atoms with E-state index < -0.39 is 0 Å². The summed E-state index contributed by atoms with van der Waals surface area (Å²) in [6.45, 7) is 0. The maximum Gasteiger partial charge on any atom is 0.145 e. The quantitative estimate of drug-likeness (QED) is 0.665. The largest absolute Gasteiger partial charge is 0.299 e. The van der Waals surface area contributed by atoms with E-state index in [1.807, 2.05) is 0 Å². The number of carbonyl (C=O) groups is 1. The second-order valence-corrected chi connectivity index (χ2v) is 2.82. The Hall–Kier alpha value is -2.05. The van der Waals surface area contributed by atoms with Crippen molar-refractivity contribution < 1.29 is 4.79 Å². The van der Waals surface area contributed by atoms with Gasteiger partial charge in [-0.3, -0.25) is 15.0 Å². The Balaban J connectivity index is 1.91. The Morgan fingerprint density at radius 1 is 1.07 bits per heavy atom. The van der Waals surface area contributed by atoms with E-state index in [4.69, 9.17) is 0 Å². The van der Waals surface area contributed by atoms with E-state index in [0.29, 0.717) is 11.4 Å². The van der Waals surface area contributed by atoms with Crippen LogP contribution in [0.25, 0.3) is 0 Å². The van der Waals surface area contributed by atoms with Crippen LogP contribution in [0, 0.1) is 0 Å². The first-order valence-corrected chi connectivity index (χ1v) is 4.07. The van der Waals surface area contributed by atoms with E-state index in [1.165, 1.54) is 0 Å². The molecule has 0 fully saturated rings. The zero-order valence-electron chi connectivity index (χ0n) is 7.27. The molecule has 0 unspecified atom stereocenters. The van der Waals surface area contributed by atoms with Gasteiger partial charge in [0.1, 0.15) is 5.78 Å². The molecule has 0 atom stereocenters. The minimum Gasteiger partial charge on any atom is -0.299 e. The lowest BCUT2D eigenvalue weighted by atomic mass is 10.1. The molecule has 0 amide bonds. The van der Waals surface area contributed by atoms with Crippen molar-refractivity contribution in [3.8, 4) is 0 Å². The second kappa shape index (κ2) is 3.77. The number of nitrogens with zero attached hydrogens (tertiary/aromatic N) is 4. The van der Waals surface area contributed by atoms with Gasteiger partial charge in [0.25, 0.3) is 0 Å². The maximum atomic E-state index is 11.4. The van der Waals surface area contributed by atoms with Gasteiger partial charge in [0, 0.05) is 12.4 Å². The molecule has 2 N–H and O–H groups in total. The average Bonchev–Trinajstić information content (AvgIpc) is 2.76. The van der Waals surface area contributed by atoms with Gasteiger partial charge in [-0.1, -0.05) is 10.4 Å². The lowest BCUT2D eigenvalue weighted by molar-refractivity contribution is -0.117. The minimum atomic E-state index is 0.0350. The predicted octanol–water partition coefficient (Wildman–Crippen LogP) is -0.723. The molecule has 2 heterocycles. The number of nitrogens with one attached hydrogen (secondary N) is 2. The van der Waals surface area contributed by atoms with E-state index in [2.05, 4.69) is 30.8 Å². The molecule has 7 nitrogen and oxygen atoms in total. The van der Waals surface area contributed by atoms with E-state index in [1.54, 1.807) is 12.4 Å². The van der Waals surface area contributed by atoms with Gasteiger partial charge in [-0.15, -0.1) is 10.2 Å². The van der Waals surface area contributed by atoms with Crippen LogP contribution in [0.4, 0.5) is 0 Å². The van der Waals surface area contributed by atoms with Crippen LogP contribution in [0.1, 0.15) is 11.4 Å². The summed E-state index contributed by atoms with van der Waals surface area (Å²) in [6.07, 6.45) is 3.73. The Labute approximate surface area is 78.9 Å². The predicted molar refractivity (Wildman–Crippen MR) is 45.2 cm³/mol. The molecule has 0 radical (unpaired) electrons. The molecule has 0 saturated heterocycles. The number of H-pyrrole nitrogens is 2. The van der Waals surface area contributed by atoms with Crippen LogP contribution in [-0.2, 0) is 17.6 Å². The summed E-state index contributed by atoms with van der Waals surface area (Å²) in [4.78, 5) is 11.4. The van der Waals surface area contributed by atoms with Crippen molar-refractivity contribution in [2.75, 3.05) is 0 Å². The molecule has 0 aliphatic carbocycles. The molecule has 2 aromatic rings. The fraction of sp³-hybridized carbons (Fsp3) is 0.286. The van der Waals surface area contributed by atoms with Gasteiger partial charge < -0.3 is 0 Å². The monoisotopic (exact) mass is 192 g/mol. The molecule has 2 rings (SSSR count). The van der Waals surface area contributed by atoms with Gasteiger partial charge in [-0.05, 0) is 0 Å². The first-order chi connectivity index (χ1) is 6.84. The number of ketones is 1. The molecule has 0 saturated carbocycles. The van der Waals surface area contributed by atoms with Gasteiger partial charge in [0.15, 0.2) is 0 Å². The summed E-state index contributed by atoms with van der Waals surface area (Å²) in [5.74, 6) is 0.0350. The highest BCUT2D eigenvalue weighted by Crippen LogP contribution is 1.97. The highest BCUT2D eigenvalue weighted by molar-refractivity contribution is 5.82. The first-order valence-electron chi connectivity index (χ1n) is 4.07. The average molecular weight is 192 g/mol. The second-order valence-electron chi connectivity index (χ2n) is 2.82. The molecule has 14 heavy (non-hydrogen) atoms. The van der Waals surface area contributed by atoms with Crippen LogP contribution in [0.15, 0.2) is 12.4 Å². The lowest BCUT2D eigenvalue weighted by Crippen LogP contribution is -2.07. The number of hydrogen-bond donors (Lipinski definition) is 2. The van der Waals surface area contributed by atoms with E-state index in [9.17, 15) is 4.79 Å². The molecule has 2 aromatic heterocycles. The van der Waals surface area contributed by atoms with Crippen LogP contribution >= 0.6 is 0 Å². The van der Waals surface area contributed by atoms with E-state index in [0.717, 1.165) is 0 Å². The third-order valence-electron chi connectivity index (χ3n) is 1.69. The van der Waals surface area contributed by atoms with Gasteiger partial charge in [-0.2, -0.15) is 0 Å². The van der Waals surface area contributed by atoms with Crippen LogP contribution in [0.5, 0.6) is 0 Å². The number of rotatable bonds is 4. The molecule has 0 spiro atoms. The fourth-order valence-corrected chi connectivity index (χ4v) is 1.09. The van der Waals surface area contributed by atoms with E-state index >= 15 is 0 Å². The summed E-state index contributed by atoms with van der Waals surface area (Å²) >= 11 is 0. The smallest absolute Gasteiger partial charge is 0.145 e. The Kier molecular flexibility index (Phi) is 2.30. The van der Waals surface area contributed by atoms with Crippen molar-refractivity contribution >= 4 is 5.78 Å². The topological polar surface area (TPSA) is 100 Å². The molecule has 0 aliphatic rings. The maximum absolute atomic E-state index is 11.4. The van der Waals surface area contributed by atoms with Crippen molar-refractivity contribution in [3.63, 3.8) is 0 Å². The first kappa shape index (κ1) is 8.54. The third-order valence-corrected chi connectivity index (χ3v) is 1.69. The number of Topliss-reactive ketones (excluding diaryl/α,β-unsaturated/α-hetero) is 1. The molecular formula is C7H8N6O. The molecule has 7 heteroatoms. The summed E-state index contributed by atoms with van der Waals surface area (Å²) < 4.78 is 0. The highest BCUT2D eigenvalue weighted by Gasteiger charge is 2.08. The van der Waals surface area contributed by atoms with Crippen LogP contribution < -0.4 is 0 Å². The molecule has 0 aromatic carbocycles. The van der Waals surface area contributed by atoms with Gasteiger partial charge >= 0.3 is 0 Å². The fourth-order valence-electron chi connectivity index (χ4n) is 1.09.